The van der Waals surface area contributed by atoms with Crippen LogP contribution in [0.1, 0.15) is 11.1 Å². The Morgan fingerprint density at radius 2 is 2.13 bits per heavy atom. The topological polar surface area (TPSA) is 38.9 Å². The van der Waals surface area contributed by atoms with Crippen molar-refractivity contribution in [1.82, 2.24) is 4.98 Å². The first-order valence-electron chi connectivity index (χ1n) is 3.82. The van der Waals surface area contributed by atoms with Gasteiger partial charge in [-0.25, -0.2) is 4.98 Å². The lowest BCUT2D eigenvalue weighted by Gasteiger charge is -2.08. The van der Waals surface area contributed by atoms with Crippen molar-refractivity contribution in [2.75, 3.05) is 11.1 Å². The van der Waals surface area contributed by atoms with Gasteiger partial charge in [-0.15, -0.1) is 0 Å². The fourth-order valence-corrected chi connectivity index (χ4v) is 1.05. The average molecular weight is 279 g/mol. The number of pyridine rings is 1. The number of nitrogens with two attached hydrogens (primary N) is 1. The van der Waals surface area contributed by atoms with Crippen LogP contribution in [0.25, 0.3) is 0 Å². The Balaban J connectivity index is 3.17. The van der Waals surface area contributed by atoms with Gasteiger partial charge in [-0.2, -0.15) is 13.2 Å². The van der Waals surface area contributed by atoms with Gasteiger partial charge in [0.2, 0.25) is 0 Å². The van der Waals surface area contributed by atoms with Crippen LogP contribution in [-0.2, 0) is 6.18 Å². The molecule has 0 spiro atoms. The molecule has 1 heterocycles. The largest absolute Gasteiger partial charge is 0.419 e. The Hall–Kier alpha value is -1.22. The van der Waals surface area contributed by atoms with Crippen LogP contribution in [0, 0.1) is 11.8 Å². The zero-order chi connectivity index (χ0) is 11.5. The number of hydrogen-bond donors (Lipinski definition) is 1. The minimum absolute atomic E-state index is 0.191. The van der Waals surface area contributed by atoms with E-state index in [2.05, 4.69) is 32.8 Å². The molecule has 0 aliphatic carbocycles. The maximum atomic E-state index is 12.4. The lowest BCUT2D eigenvalue weighted by Crippen LogP contribution is -2.10. The highest BCUT2D eigenvalue weighted by molar-refractivity contribution is 9.09. The molecule has 2 nitrogen and oxygen atoms in total. The molecule has 0 aromatic carbocycles. The van der Waals surface area contributed by atoms with Crippen molar-refractivity contribution in [3.63, 3.8) is 0 Å². The first-order valence-corrected chi connectivity index (χ1v) is 4.95. The lowest BCUT2D eigenvalue weighted by molar-refractivity contribution is -0.137. The molecule has 0 aliphatic heterocycles. The van der Waals surface area contributed by atoms with Gasteiger partial charge in [0.25, 0.3) is 0 Å². The molecular weight excluding hydrogens is 273 g/mol. The number of anilines is 1. The monoisotopic (exact) mass is 278 g/mol. The van der Waals surface area contributed by atoms with Crippen molar-refractivity contribution in [1.29, 1.82) is 0 Å². The Morgan fingerprint density at radius 1 is 1.47 bits per heavy atom. The van der Waals surface area contributed by atoms with Crippen LogP contribution >= 0.6 is 15.9 Å². The van der Waals surface area contributed by atoms with Crippen LogP contribution in [0.15, 0.2) is 12.3 Å². The summed E-state index contributed by atoms with van der Waals surface area (Å²) >= 11 is 3.04. The highest BCUT2D eigenvalue weighted by Gasteiger charge is 2.33. The summed E-state index contributed by atoms with van der Waals surface area (Å²) in [6.07, 6.45) is -3.29. The van der Waals surface area contributed by atoms with Gasteiger partial charge >= 0.3 is 6.18 Å². The number of nitrogen functional groups attached to an aromatic ring is 1. The number of alkyl halides is 4. The van der Waals surface area contributed by atoms with Crippen LogP contribution < -0.4 is 5.73 Å². The van der Waals surface area contributed by atoms with Gasteiger partial charge in [0, 0.05) is 11.8 Å². The second kappa shape index (κ2) is 4.53. The molecule has 0 radical (unpaired) electrons. The van der Waals surface area contributed by atoms with Crippen molar-refractivity contribution in [2.45, 2.75) is 6.18 Å². The Morgan fingerprint density at radius 3 is 2.67 bits per heavy atom. The van der Waals surface area contributed by atoms with E-state index in [1.807, 2.05) is 0 Å². The van der Waals surface area contributed by atoms with E-state index in [1.54, 1.807) is 0 Å². The predicted molar refractivity (Wildman–Crippen MR) is 54.3 cm³/mol. The second-order valence-corrected chi connectivity index (χ2v) is 3.15. The zero-order valence-corrected chi connectivity index (χ0v) is 8.98. The van der Waals surface area contributed by atoms with Crippen molar-refractivity contribution < 1.29 is 13.2 Å². The maximum Gasteiger partial charge on any atom is 0.419 e. The summed E-state index contributed by atoms with van der Waals surface area (Å²) in [6, 6.07) is 0.887. The molecule has 6 heteroatoms. The molecule has 0 saturated heterocycles. The van der Waals surface area contributed by atoms with Crippen LogP contribution in [0.5, 0.6) is 0 Å². The van der Waals surface area contributed by atoms with Crippen LogP contribution in [0.3, 0.4) is 0 Å². The average Bonchev–Trinajstić information content (AvgIpc) is 2.15. The molecule has 0 fully saturated rings. The summed E-state index contributed by atoms with van der Waals surface area (Å²) in [5, 5.41) is 0.388. The van der Waals surface area contributed by atoms with Gasteiger partial charge in [-0.3, -0.25) is 0 Å². The molecule has 0 unspecified atom stereocenters. The molecule has 0 bridgehead atoms. The van der Waals surface area contributed by atoms with E-state index in [-0.39, 0.29) is 5.56 Å². The van der Waals surface area contributed by atoms with Gasteiger partial charge in [0.05, 0.1) is 10.9 Å². The maximum absolute atomic E-state index is 12.4. The molecule has 80 valence electrons. The lowest BCUT2D eigenvalue weighted by atomic mass is 10.2. The third kappa shape index (κ3) is 3.13. The summed E-state index contributed by atoms with van der Waals surface area (Å²) in [5.41, 5.74) is 4.35. The van der Waals surface area contributed by atoms with E-state index >= 15 is 0 Å². The normalized spacial score (nSPS) is 10.7. The third-order valence-electron chi connectivity index (χ3n) is 1.52. The van der Waals surface area contributed by atoms with E-state index in [0.29, 0.717) is 5.33 Å². The molecule has 0 amide bonds. The number of halogens is 4. The highest BCUT2D eigenvalue weighted by atomic mass is 79.9. The van der Waals surface area contributed by atoms with Gasteiger partial charge in [0.15, 0.2) is 0 Å². The second-order valence-electron chi connectivity index (χ2n) is 2.59. The van der Waals surface area contributed by atoms with Crippen LogP contribution in [0.4, 0.5) is 19.0 Å². The summed E-state index contributed by atoms with van der Waals surface area (Å²) in [5.74, 6) is 4.56. The van der Waals surface area contributed by atoms with E-state index in [0.717, 1.165) is 6.07 Å². The molecule has 1 aromatic rings. The van der Waals surface area contributed by atoms with Crippen molar-refractivity contribution >= 4 is 21.7 Å². The van der Waals surface area contributed by atoms with Crippen molar-refractivity contribution in [3.8, 4) is 11.8 Å². The number of aromatic nitrogens is 1. The number of hydrogen-bond acceptors (Lipinski definition) is 2. The standard InChI is InChI=1S/C9H6BrF3N2/c10-3-1-2-6-4-7(9(11,12)13)8(14)15-5-6/h4-5H,3H2,(H2,14,15). The Labute approximate surface area is 92.8 Å². The quantitative estimate of drug-likeness (QED) is 0.585. The van der Waals surface area contributed by atoms with Gasteiger partial charge < -0.3 is 5.73 Å². The summed E-state index contributed by atoms with van der Waals surface area (Å²) in [7, 11) is 0. The smallest absolute Gasteiger partial charge is 0.383 e. The fraction of sp³-hybridized carbons (Fsp3) is 0.222. The van der Waals surface area contributed by atoms with Crippen LogP contribution in [-0.4, -0.2) is 10.3 Å². The van der Waals surface area contributed by atoms with Crippen LogP contribution in [0.2, 0.25) is 0 Å². The number of rotatable bonds is 0. The fourth-order valence-electron chi connectivity index (χ4n) is 0.906. The van der Waals surface area contributed by atoms with Crippen molar-refractivity contribution in [3.05, 3.63) is 23.4 Å². The van der Waals surface area contributed by atoms with Crippen molar-refractivity contribution in [2.24, 2.45) is 0 Å². The SMILES string of the molecule is Nc1ncc(C#CCBr)cc1C(F)(F)F. The Bertz CT molecular complexity index is 418. The van der Waals surface area contributed by atoms with Gasteiger partial charge in [-0.05, 0) is 6.07 Å². The third-order valence-corrected chi connectivity index (χ3v) is 1.80. The Kier molecular flexibility index (Phi) is 3.58. The molecule has 15 heavy (non-hydrogen) atoms. The molecule has 0 atom stereocenters. The molecule has 0 aliphatic rings. The van der Waals surface area contributed by atoms with E-state index in [9.17, 15) is 13.2 Å². The predicted octanol–water partition coefficient (Wildman–Crippen LogP) is 2.43. The minimum atomic E-state index is -4.50. The molecule has 0 saturated carbocycles. The van der Waals surface area contributed by atoms with E-state index in [4.69, 9.17) is 5.73 Å². The van der Waals surface area contributed by atoms with Gasteiger partial charge in [-0.1, -0.05) is 27.8 Å². The summed E-state index contributed by atoms with van der Waals surface area (Å²) < 4.78 is 37.1. The molecule has 2 N–H and O–H groups in total. The summed E-state index contributed by atoms with van der Waals surface area (Å²) in [4.78, 5) is 3.44. The summed E-state index contributed by atoms with van der Waals surface area (Å²) in [6.45, 7) is 0. The minimum Gasteiger partial charge on any atom is -0.383 e. The number of nitrogens with zero attached hydrogens (tertiary/aromatic N) is 1. The highest BCUT2D eigenvalue weighted by Crippen LogP contribution is 2.32. The van der Waals surface area contributed by atoms with E-state index < -0.39 is 17.6 Å². The van der Waals surface area contributed by atoms with Gasteiger partial charge in [0.1, 0.15) is 5.82 Å². The molecular formula is C9H6BrF3N2. The first kappa shape index (κ1) is 11.9. The van der Waals surface area contributed by atoms with E-state index in [1.165, 1.54) is 6.20 Å². The molecule has 1 rings (SSSR count). The first-order chi connectivity index (χ1) is 6.95. The zero-order valence-electron chi connectivity index (χ0n) is 7.40. The molecule has 1 aromatic heterocycles.